The summed E-state index contributed by atoms with van der Waals surface area (Å²) in [6, 6.07) is 22.3. The van der Waals surface area contributed by atoms with Gasteiger partial charge in [-0.3, -0.25) is 4.40 Å². The molecule has 0 saturated carbocycles. The Hall–Kier alpha value is -3.18. The normalized spacial score (nSPS) is 19.0. The van der Waals surface area contributed by atoms with E-state index in [1.165, 1.54) is 11.1 Å². The molecular formula is C22H20N4O. The number of nitrogens with zero attached hydrogens (tertiary/aromatic N) is 3. The molecule has 0 bridgehead atoms. The monoisotopic (exact) mass is 356 g/mol. The predicted octanol–water partition coefficient (Wildman–Crippen LogP) is 4.31. The second-order valence-electron chi connectivity index (χ2n) is 6.90. The van der Waals surface area contributed by atoms with E-state index in [0.29, 0.717) is 0 Å². The topological polar surface area (TPSA) is 65.4 Å². The van der Waals surface area contributed by atoms with Crippen LogP contribution in [0.25, 0.3) is 17.0 Å². The van der Waals surface area contributed by atoms with Crippen molar-refractivity contribution in [3.63, 3.8) is 0 Å². The molecule has 0 aliphatic heterocycles. The molecule has 4 aromatic rings. The first kappa shape index (κ1) is 16.0. The maximum Gasteiger partial charge on any atom is 0.168 e. The van der Waals surface area contributed by atoms with Crippen molar-refractivity contribution >= 4 is 5.65 Å². The highest BCUT2D eigenvalue weighted by molar-refractivity contribution is 5.59. The standard InChI is InChI=1S/C22H20N4O/c23-19-11-12-20(18-9-5-4-8-17(18)19)27-16-10-13-21-24-25-22(26(21)14-16)15-6-2-1-3-7-15/h1-10,13-14,19-20H,11-12,23H2/t19-,20+/m0/s1. The van der Waals surface area contributed by atoms with E-state index in [1.807, 2.05) is 65.2 Å². The lowest BCUT2D eigenvalue weighted by Crippen LogP contribution is -2.23. The van der Waals surface area contributed by atoms with E-state index in [9.17, 15) is 0 Å². The van der Waals surface area contributed by atoms with Gasteiger partial charge in [-0.2, -0.15) is 0 Å². The maximum absolute atomic E-state index is 6.37. The third-order valence-electron chi connectivity index (χ3n) is 5.17. The average molecular weight is 356 g/mol. The molecule has 1 aliphatic carbocycles. The van der Waals surface area contributed by atoms with Crippen molar-refractivity contribution in [1.82, 2.24) is 14.6 Å². The average Bonchev–Trinajstić information content (AvgIpc) is 3.14. The number of rotatable bonds is 3. The lowest BCUT2D eigenvalue weighted by atomic mass is 9.86. The number of pyridine rings is 1. The van der Waals surface area contributed by atoms with Crippen LogP contribution in [0.15, 0.2) is 72.9 Å². The molecule has 5 rings (SSSR count). The molecule has 0 saturated heterocycles. The molecule has 1 aliphatic rings. The van der Waals surface area contributed by atoms with Gasteiger partial charge in [-0.05, 0) is 36.1 Å². The van der Waals surface area contributed by atoms with Crippen molar-refractivity contribution in [3.8, 4) is 17.1 Å². The molecule has 5 nitrogen and oxygen atoms in total. The Kier molecular flexibility index (Phi) is 3.87. The summed E-state index contributed by atoms with van der Waals surface area (Å²) in [5.74, 6) is 1.61. The van der Waals surface area contributed by atoms with Crippen LogP contribution in [0.2, 0.25) is 0 Å². The van der Waals surface area contributed by atoms with E-state index < -0.39 is 0 Å². The first-order valence-corrected chi connectivity index (χ1v) is 9.21. The van der Waals surface area contributed by atoms with Crippen LogP contribution in [0.1, 0.15) is 36.1 Å². The second-order valence-corrected chi connectivity index (χ2v) is 6.90. The van der Waals surface area contributed by atoms with Gasteiger partial charge in [0, 0.05) is 11.6 Å². The second kappa shape index (κ2) is 6.52. The summed E-state index contributed by atoms with van der Waals surface area (Å²) in [5, 5.41) is 8.61. The van der Waals surface area contributed by atoms with Gasteiger partial charge in [0.15, 0.2) is 11.5 Å². The summed E-state index contributed by atoms with van der Waals surface area (Å²) in [7, 11) is 0. The van der Waals surface area contributed by atoms with E-state index in [-0.39, 0.29) is 12.1 Å². The zero-order chi connectivity index (χ0) is 18.2. The van der Waals surface area contributed by atoms with E-state index in [2.05, 4.69) is 22.3 Å². The molecule has 2 aromatic heterocycles. The highest BCUT2D eigenvalue weighted by Crippen LogP contribution is 2.37. The van der Waals surface area contributed by atoms with Gasteiger partial charge in [0.05, 0.1) is 6.20 Å². The Balaban J connectivity index is 1.51. The quantitative estimate of drug-likeness (QED) is 0.594. The molecule has 0 spiro atoms. The number of hydrogen-bond acceptors (Lipinski definition) is 4. The molecule has 0 amide bonds. The van der Waals surface area contributed by atoms with Crippen molar-refractivity contribution < 1.29 is 4.74 Å². The summed E-state index contributed by atoms with van der Waals surface area (Å²) >= 11 is 0. The van der Waals surface area contributed by atoms with Gasteiger partial charge in [-0.25, -0.2) is 0 Å². The molecule has 5 heteroatoms. The highest BCUT2D eigenvalue weighted by Gasteiger charge is 2.26. The zero-order valence-corrected chi connectivity index (χ0v) is 14.8. The number of aromatic nitrogens is 3. The van der Waals surface area contributed by atoms with Gasteiger partial charge in [-0.1, -0.05) is 54.6 Å². The molecule has 2 heterocycles. The summed E-state index contributed by atoms with van der Waals surface area (Å²) in [5.41, 5.74) is 10.5. The Morgan fingerprint density at radius 3 is 2.48 bits per heavy atom. The summed E-state index contributed by atoms with van der Waals surface area (Å²) in [6.07, 6.45) is 3.81. The van der Waals surface area contributed by atoms with Crippen LogP contribution in [0.5, 0.6) is 5.75 Å². The Morgan fingerprint density at radius 1 is 0.852 bits per heavy atom. The number of fused-ring (bicyclic) bond motifs is 2. The molecule has 2 N–H and O–H groups in total. The largest absolute Gasteiger partial charge is 0.484 e. The van der Waals surface area contributed by atoms with Crippen LogP contribution in [0.4, 0.5) is 0 Å². The molecule has 134 valence electrons. The number of nitrogens with two attached hydrogens (primary N) is 1. The minimum Gasteiger partial charge on any atom is -0.484 e. The number of ether oxygens (including phenoxy) is 1. The van der Waals surface area contributed by atoms with Crippen LogP contribution < -0.4 is 10.5 Å². The van der Waals surface area contributed by atoms with Gasteiger partial charge in [0.2, 0.25) is 0 Å². The lowest BCUT2D eigenvalue weighted by molar-refractivity contribution is 0.176. The maximum atomic E-state index is 6.37. The molecule has 2 aromatic carbocycles. The summed E-state index contributed by atoms with van der Waals surface area (Å²) in [6.45, 7) is 0. The van der Waals surface area contributed by atoms with E-state index in [4.69, 9.17) is 10.5 Å². The van der Waals surface area contributed by atoms with Crippen LogP contribution in [0.3, 0.4) is 0 Å². The third-order valence-corrected chi connectivity index (χ3v) is 5.17. The van der Waals surface area contributed by atoms with Crippen LogP contribution in [-0.2, 0) is 0 Å². The van der Waals surface area contributed by atoms with Crippen molar-refractivity contribution in [2.24, 2.45) is 5.73 Å². The lowest BCUT2D eigenvalue weighted by Gasteiger charge is -2.30. The Bertz CT molecular complexity index is 1090. The van der Waals surface area contributed by atoms with Crippen LogP contribution in [0, 0.1) is 0 Å². The molecule has 0 fully saturated rings. The van der Waals surface area contributed by atoms with Crippen LogP contribution >= 0.6 is 0 Å². The van der Waals surface area contributed by atoms with E-state index in [1.54, 1.807) is 0 Å². The molecular weight excluding hydrogens is 336 g/mol. The fraction of sp³-hybridized carbons (Fsp3) is 0.182. The summed E-state index contributed by atoms with van der Waals surface area (Å²) in [4.78, 5) is 0. The minimum atomic E-state index is 0.00936. The molecule has 0 unspecified atom stereocenters. The van der Waals surface area contributed by atoms with Gasteiger partial charge < -0.3 is 10.5 Å². The molecule has 27 heavy (non-hydrogen) atoms. The number of benzene rings is 2. The predicted molar refractivity (Wildman–Crippen MR) is 104 cm³/mol. The van der Waals surface area contributed by atoms with Gasteiger partial charge >= 0.3 is 0 Å². The zero-order valence-electron chi connectivity index (χ0n) is 14.8. The molecule has 0 radical (unpaired) electrons. The smallest absolute Gasteiger partial charge is 0.168 e. The minimum absolute atomic E-state index is 0.00936. The molecule has 2 atom stereocenters. The van der Waals surface area contributed by atoms with E-state index >= 15 is 0 Å². The third kappa shape index (κ3) is 2.86. The fourth-order valence-corrected chi connectivity index (χ4v) is 3.80. The Labute approximate surface area is 157 Å². The highest BCUT2D eigenvalue weighted by atomic mass is 16.5. The van der Waals surface area contributed by atoms with Gasteiger partial charge in [-0.15, -0.1) is 10.2 Å². The van der Waals surface area contributed by atoms with Gasteiger partial charge in [0.25, 0.3) is 0 Å². The van der Waals surface area contributed by atoms with Crippen LogP contribution in [-0.4, -0.2) is 14.6 Å². The van der Waals surface area contributed by atoms with Crippen molar-refractivity contribution in [1.29, 1.82) is 0 Å². The summed E-state index contributed by atoms with van der Waals surface area (Å²) < 4.78 is 8.34. The number of hydrogen-bond donors (Lipinski definition) is 1. The first-order chi connectivity index (χ1) is 13.3. The van der Waals surface area contributed by atoms with Crippen molar-refractivity contribution in [2.75, 3.05) is 0 Å². The van der Waals surface area contributed by atoms with Crippen molar-refractivity contribution in [3.05, 3.63) is 84.1 Å². The van der Waals surface area contributed by atoms with Gasteiger partial charge in [0.1, 0.15) is 11.9 Å². The first-order valence-electron chi connectivity index (χ1n) is 9.21. The Morgan fingerprint density at radius 2 is 1.63 bits per heavy atom. The van der Waals surface area contributed by atoms with Crippen molar-refractivity contribution in [2.45, 2.75) is 25.0 Å². The SMILES string of the molecule is N[C@H]1CC[C@@H](Oc2ccc3nnc(-c4ccccc4)n3c2)c2ccccc21. The fourth-order valence-electron chi connectivity index (χ4n) is 3.80. The van der Waals surface area contributed by atoms with E-state index in [0.717, 1.165) is 35.6 Å².